The molecule has 1 heterocycles. The van der Waals surface area contributed by atoms with Crippen LogP contribution in [0.1, 0.15) is 58.3 Å². The van der Waals surface area contributed by atoms with Gasteiger partial charge in [-0.05, 0) is 49.5 Å². The van der Waals surface area contributed by atoms with Crippen LogP contribution in [0.2, 0.25) is 0 Å². The van der Waals surface area contributed by atoms with Gasteiger partial charge in [0.25, 0.3) is 0 Å². The smallest absolute Gasteiger partial charge is 0.00979 e. The van der Waals surface area contributed by atoms with Gasteiger partial charge in [-0.1, -0.05) is 26.2 Å². The molecule has 0 spiro atoms. The lowest BCUT2D eigenvalue weighted by Crippen LogP contribution is -2.45. The van der Waals surface area contributed by atoms with Crippen molar-refractivity contribution >= 4 is 11.8 Å². The lowest BCUT2D eigenvalue weighted by Gasteiger charge is -2.36. The second-order valence-corrected chi connectivity index (χ2v) is 6.72. The van der Waals surface area contributed by atoms with E-state index in [2.05, 4.69) is 24.0 Å². The molecule has 0 bridgehead atoms. The maximum Gasteiger partial charge on any atom is 0.00979 e. The Balaban J connectivity index is 1.80. The number of hydrogen-bond acceptors (Lipinski definition) is 2. The Morgan fingerprint density at radius 1 is 1.06 bits per heavy atom. The number of thioether (sulfide) groups is 1. The van der Waals surface area contributed by atoms with Gasteiger partial charge in [0.15, 0.2) is 0 Å². The lowest BCUT2D eigenvalue weighted by molar-refractivity contribution is 0.225. The summed E-state index contributed by atoms with van der Waals surface area (Å²) in [5.41, 5.74) is 0. The van der Waals surface area contributed by atoms with Crippen LogP contribution in [0.4, 0.5) is 0 Å². The van der Waals surface area contributed by atoms with Crippen LogP contribution in [-0.4, -0.2) is 23.6 Å². The van der Waals surface area contributed by atoms with E-state index in [-0.39, 0.29) is 0 Å². The fourth-order valence-corrected chi connectivity index (χ4v) is 4.42. The molecule has 1 N–H and O–H groups in total. The van der Waals surface area contributed by atoms with Crippen molar-refractivity contribution in [2.75, 3.05) is 11.5 Å². The molecule has 0 amide bonds. The van der Waals surface area contributed by atoms with Crippen LogP contribution in [-0.2, 0) is 0 Å². The Bertz CT molecular complexity index is 187. The molecular weight excluding hydrogens is 214 g/mol. The molecule has 2 heteroatoms. The van der Waals surface area contributed by atoms with Crippen LogP contribution in [0, 0.1) is 5.92 Å². The van der Waals surface area contributed by atoms with Gasteiger partial charge in [0, 0.05) is 12.1 Å². The van der Waals surface area contributed by atoms with Gasteiger partial charge in [0.1, 0.15) is 0 Å². The van der Waals surface area contributed by atoms with Crippen LogP contribution >= 0.6 is 11.8 Å². The van der Waals surface area contributed by atoms with Crippen molar-refractivity contribution in [3.05, 3.63) is 0 Å². The predicted molar refractivity (Wildman–Crippen MR) is 74.1 cm³/mol. The Hall–Kier alpha value is 0.310. The normalized spacial score (nSPS) is 32.8. The van der Waals surface area contributed by atoms with E-state index in [0.29, 0.717) is 0 Å². The molecule has 94 valence electrons. The predicted octanol–water partition coefficient (Wildman–Crippen LogP) is 3.83. The maximum atomic E-state index is 3.98. The average molecular weight is 241 g/mol. The first-order chi connectivity index (χ1) is 7.90. The van der Waals surface area contributed by atoms with Crippen LogP contribution in [0.5, 0.6) is 0 Å². The third-order valence-corrected chi connectivity index (χ3v) is 5.29. The molecule has 1 aliphatic heterocycles. The molecule has 0 radical (unpaired) electrons. The molecule has 2 unspecified atom stereocenters. The quantitative estimate of drug-likeness (QED) is 0.803. The van der Waals surface area contributed by atoms with E-state index in [1.165, 1.54) is 62.9 Å². The van der Waals surface area contributed by atoms with E-state index in [4.69, 9.17) is 0 Å². The fourth-order valence-electron chi connectivity index (χ4n) is 3.31. The van der Waals surface area contributed by atoms with Crippen molar-refractivity contribution in [3.8, 4) is 0 Å². The Labute approximate surface area is 105 Å². The highest BCUT2D eigenvalue weighted by atomic mass is 32.2. The zero-order chi connectivity index (χ0) is 11.2. The molecule has 0 aromatic rings. The molecular formula is C14H27NS. The summed E-state index contributed by atoms with van der Waals surface area (Å²) in [5.74, 6) is 3.74. The van der Waals surface area contributed by atoms with E-state index < -0.39 is 0 Å². The van der Waals surface area contributed by atoms with Crippen molar-refractivity contribution in [2.24, 2.45) is 5.92 Å². The highest BCUT2D eigenvalue weighted by Gasteiger charge is 2.26. The van der Waals surface area contributed by atoms with E-state index in [9.17, 15) is 0 Å². The first kappa shape index (κ1) is 12.8. The van der Waals surface area contributed by atoms with Crippen LogP contribution in [0.25, 0.3) is 0 Å². The van der Waals surface area contributed by atoms with Gasteiger partial charge in [-0.25, -0.2) is 0 Å². The maximum absolute atomic E-state index is 3.98. The summed E-state index contributed by atoms with van der Waals surface area (Å²) >= 11 is 2.13. The van der Waals surface area contributed by atoms with Gasteiger partial charge >= 0.3 is 0 Å². The minimum Gasteiger partial charge on any atom is -0.311 e. The standard InChI is InChI=1S/C14H27NS/c1-2-5-12-6-3-4-7-14(12)15-13-8-10-16-11-9-13/h12-15H,2-11H2,1H3. The number of hydrogen-bond donors (Lipinski definition) is 1. The van der Waals surface area contributed by atoms with Crippen LogP contribution < -0.4 is 5.32 Å². The summed E-state index contributed by atoms with van der Waals surface area (Å²) in [6.07, 6.45) is 11.5. The number of nitrogens with one attached hydrogen (secondary N) is 1. The Morgan fingerprint density at radius 3 is 2.56 bits per heavy atom. The summed E-state index contributed by atoms with van der Waals surface area (Å²) in [4.78, 5) is 0. The SMILES string of the molecule is CCCC1CCCCC1NC1CCSCC1. The summed E-state index contributed by atoms with van der Waals surface area (Å²) in [6, 6.07) is 1.69. The summed E-state index contributed by atoms with van der Waals surface area (Å²) in [7, 11) is 0. The first-order valence-electron chi connectivity index (χ1n) is 7.24. The highest BCUT2D eigenvalue weighted by Crippen LogP contribution is 2.29. The van der Waals surface area contributed by atoms with Crippen LogP contribution in [0.3, 0.4) is 0 Å². The molecule has 2 fully saturated rings. The van der Waals surface area contributed by atoms with E-state index >= 15 is 0 Å². The van der Waals surface area contributed by atoms with Gasteiger partial charge in [0.2, 0.25) is 0 Å². The van der Waals surface area contributed by atoms with Crippen molar-refractivity contribution < 1.29 is 0 Å². The minimum absolute atomic E-state index is 0.837. The molecule has 0 aromatic heterocycles. The van der Waals surface area contributed by atoms with Gasteiger partial charge < -0.3 is 5.32 Å². The Morgan fingerprint density at radius 2 is 1.81 bits per heavy atom. The van der Waals surface area contributed by atoms with Gasteiger partial charge in [0.05, 0.1) is 0 Å². The molecule has 2 aliphatic rings. The van der Waals surface area contributed by atoms with E-state index in [1.54, 1.807) is 0 Å². The third kappa shape index (κ3) is 3.66. The van der Waals surface area contributed by atoms with Crippen molar-refractivity contribution in [1.82, 2.24) is 5.32 Å². The van der Waals surface area contributed by atoms with E-state index in [1.807, 2.05) is 0 Å². The zero-order valence-electron chi connectivity index (χ0n) is 10.7. The lowest BCUT2D eigenvalue weighted by atomic mass is 9.81. The molecule has 1 saturated carbocycles. The van der Waals surface area contributed by atoms with Crippen molar-refractivity contribution in [3.63, 3.8) is 0 Å². The fraction of sp³-hybridized carbons (Fsp3) is 1.00. The van der Waals surface area contributed by atoms with Crippen LogP contribution in [0.15, 0.2) is 0 Å². The zero-order valence-corrected chi connectivity index (χ0v) is 11.5. The molecule has 2 atom stereocenters. The number of rotatable bonds is 4. The molecule has 2 rings (SSSR count). The van der Waals surface area contributed by atoms with E-state index in [0.717, 1.165) is 18.0 Å². The second kappa shape index (κ2) is 6.90. The first-order valence-corrected chi connectivity index (χ1v) is 8.39. The van der Waals surface area contributed by atoms with Gasteiger partial charge in [-0.15, -0.1) is 0 Å². The Kier molecular flexibility index (Phi) is 5.51. The van der Waals surface area contributed by atoms with Crippen molar-refractivity contribution in [1.29, 1.82) is 0 Å². The van der Waals surface area contributed by atoms with Gasteiger partial charge in [-0.2, -0.15) is 11.8 Å². The summed E-state index contributed by atoms with van der Waals surface area (Å²) in [5, 5.41) is 3.98. The topological polar surface area (TPSA) is 12.0 Å². The average Bonchev–Trinajstić information content (AvgIpc) is 2.33. The molecule has 16 heavy (non-hydrogen) atoms. The highest BCUT2D eigenvalue weighted by molar-refractivity contribution is 7.99. The summed E-state index contributed by atoms with van der Waals surface area (Å²) < 4.78 is 0. The molecule has 1 saturated heterocycles. The minimum atomic E-state index is 0.837. The van der Waals surface area contributed by atoms with Gasteiger partial charge in [-0.3, -0.25) is 0 Å². The molecule has 0 aromatic carbocycles. The second-order valence-electron chi connectivity index (χ2n) is 5.49. The molecule has 1 nitrogen and oxygen atoms in total. The monoisotopic (exact) mass is 241 g/mol. The third-order valence-electron chi connectivity index (χ3n) is 4.24. The largest absolute Gasteiger partial charge is 0.311 e. The molecule has 1 aliphatic carbocycles. The summed E-state index contributed by atoms with van der Waals surface area (Å²) in [6.45, 7) is 2.34. The van der Waals surface area contributed by atoms with Crippen molar-refractivity contribution in [2.45, 2.75) is 70.4 Å².